The lowest BCUT2D eigenvalue weighted by molar-refractivity contribution is -0.136. The number of carbonyl (C=O) groups excluding carboxylic acids is 2. The van der Waals surface area contributed by atoms with Crippen molar-refractivity contribution < 1.29 is 24.2 Å². The first-order valence-electron chi connectivity index (χ1n) is 13.4. The molecule has 2 N–H and O–H groups in total. The smallest absolute Gasteiger partial charge is 0.321 e. The van der Waals surface area contributed by atoms with Crippen LogP contribution in [0.2, 0.25) is 0 Å². The molecule has 1 aromatic carbocycles. The van der Waals surface area contributed by atoms with Gasteiger partial charge in [-0.3, -0.25) is 9.48 Å². The van der Waals surface area contributed by atoms with Crippen LogP contribution in [0.5, 0.6) is 11.6 Å². The van der Waals surface area contributed by atoms with Crippen LogP contribution < -0.4 is 10.1 Å². The SMILES string of the molecule is C[C@@H]1CN([C@H](C)CO)C(=O)CCCn2cc(nn2)CO[C@H]1CN(C)C(=O)Nc1cccc(Oc2ccccn2)c1. The van der Waals surface area contributed by atoms with Crippen molar-refractivity contribution in [2.24, 2.45) is 5.92 Å². The first kappa shape index (κ1) is 29.0. The fraction of sp³-hybridized carbons (Fsp3) is 0.464. The summed E-state index contributed by atoms with van der Waals surface area (Å²) in [6.07, 6.45) is 4.00. The number of urea groups is 1. The Kier molecular flexibility index (Phi) is 10.0. The number of pyridine rings is 1. The van der Waals surface area contributed by atoms with E-state index in [1.54, 1.807) is 64.1 Å². The molecule has 3 amide bonds. The summed E-state index contributed by atoms with van der Waals surface area (Å²) in [7, 11) is 1.69. The number of fused-ring (bicyclic) bond motifs is 2. The Morgan fingerprint density at radius 2 is 2.15 bits per heavy atom. The number of aliphatic hydroxyl groups excluding tert-OH is 1. The first-order chi connectivity index (χ1) is 19.3. The van der Waals surface area contributed by atoms with Crippen LogP contribution in [0.1, 0.15) is 32.4 Å². The van der Waals surface area contributed by atoms with Crippen molar-refractivity contribution in [2.75, 3.05) is 32.1 Å². The van der Waals surface area contributed by atoms with Gasteiger partial charge in [-0.25, -0.2) is 9.78 Å². The van der Waals surface area contributed by atoms with E-state index in [-0.39, 0.29) is 43.7 Å². The number of hydrogen-bond acceptors (Lipinski definition) is 8. The lowest BCUT2D eigenvalue weighted by atomic mass is 10.0. The van der Waals surface area contributed by atoms with Gasteiger partial charge in [-0.1, -0.05) is 24.3 Å². The van der Waals surface area contributed by atoms with Gasteiger partial charge in [0, 0.05) is 63.0 Å². The van der Waals surface area contributed by atoms with Gasteiger partial charge < -0.3 is 29.7 Å². The third-order valence-corrected chi connectivity index (χ3v) is 6.79. The number of aryl methyl sites for hydroxylation is 1. The zero-order valence-electron chi connectivity index (χ0n) is 23.1. The zero-order chi connectivity index (χ0) is 28.5. The summed E-state index contributed by atoms with van der Waals surface area (Å²) in [6, 6.07) is 11.8. The van der Waals surface area contributed by atoms with Crippen molar-refractivity contribution in [3.8, 4) is 11.6 Å². The van der Waals surface area contributed by atoms with Gasteiger partial charge in [0.05, 0.1) is 31.6 Å². The molecule has 0 saturated heterocycles. The van der Waals surface area contributed by atoms with Crippen LogP contribution in [0.3, 0.4) is 0 Å². The Morgan fingerprint density at radius 3 is 2.92 bits per heavy atom. The Balaban J connectivity index is 1.44. The quantitative estimate of drug-likeness (QED) is 0.457. The van der Waals surface area contributed by atoms with E-state index in [1.807, 2.05) is 26.1 Å². The number of carbonyl (C=O) groups is 2. The normalized spacial score (nSPS) is 19.1. The zero-order valence-corrected chi connectivity index (χ0v) is 23.1. The van der Waals surface area contributed by atoms with Gasteiger partial charge in [0.15, 0.2) is 0 Å². The van der Waals surface area contributed by atoms with Gasteiger partial charge in [0.2, 0.25) is 11.8 Å². The monoisotopic (exact) mass is 551 g/mol. The number of rotatable bonds is 7. The van der Waals surface area contributed by atoms with Gasteiger partial charge >= 0.3 is 6.03 Å². The average molecular weight is 552 g/mol. The number of nitrogens with one attached hydrogen (secondary N) is 1. The van der Waals surface area contributed by atoms with Crippen molar-refractivity contribution in [1.82, 2.24) is 29.8 Å². The standard InChI is InChI=1S/C28H37N7O5/c1-20-15-35(21(2)18-36)27(37)11-7-13-34-16-23(31-32-34)19-39-25(20)17-33(3)28(38)30-22-8-6-9-24(14-22)40-26-10-4-5-12-29-26/h4-6,8-10,12,14,16,20-21,25,36H,7,11,13,15,17-19H2,1-3H3,(H,30,38)/t20-,21-,25+/m1/s1. The molecule has 0 spiro atoms. The summed E-state index contributed by atoms with van der Waals surface area (Å²) in [6.45, 7) is 5.11. The van der Waals surface area contributed by atoms with Crippen molar-refractivity contribution in [3.05, 3.63) is 60.6 Å². The molecule has 0 saturated carbocycles. The summed E-state index contributed by atoms with van der Waals surface area (Å²) in [5, 5.41) is 21.0. The second-order valence-electron chi connectivity index (χ2n) is 10.1. The van der Waals surface area contributed by atoms with Crippen molar-refractivity contribution in [1.29, 1.82) is 0 Å². The lowest BCUT2D eigenvalue weighted by Crippen LogP contribution is -2.48. The topological polar surface area (TPSA) is 135 Å². The maximum atomic E-state index is 13.1. The Hall–Kier alpha value is -4.03. The lowest BCUT2D eigenvalue weighted by Gasteiger charge is -2.35. The van der Waals surface area contributed by atoms with Crippen LogP contribution in [0.4, 0.5) is 10.5 Å². The molecule has 40 heavy (non-hydrogen) atoms. The van der Waals surface area contributed by atoms with Crippen LogP contribution in [-0.4, -0.2) is 85.7 Å². The molecule has 0 fully saturated rings. The van der Waals surface area contributed by atoms with Gasteiger partial charge in [-0.15, -0.1) is 5.10 Å². The predicted octanol–water partition coefficient (Wildman–Crippen LogP) is 3.15. The number of aromatic nitrogens is 4. The third kappa shape index (κ3) is 7.99. The molecule has 2 bridgehead atoms. The Labute approximate surface area is 233 Å². The molecule has 3 atom stereocenters. The molecule has 12 heteroatoms. The second kappa shape index (κ2) is 13.9. The van der Waals surface area contributed by atoms with E-state index in [0.717, 1.165) is 0 Å². The summed E-state index contributed by atoms with van der Waals surface area (Å²) in [5.41, 5.74) is 1.25. The molecule has 214 valence electrons. The molecule has 4 rings (SSSR count). The number of likely N-dealkylation sites (N-methyl/N-ethyl adjacent to an activating group) is 1. The molecule has 3 aromatic rings. The minimum atomic E-state index is -0.415. The van der Waals surface area contributed by atoms with Crippen LogP contribution in [0, 0.1) is 5.92 Å². The second-order valence-corrected chi connectivity index (χ2v) is 10.1. The van der Waals surface area contributed by atoms with E-state index >= 15 is 0 Å². The molecule has 0 aliphatic carbocycles. The highest BCUT2D eigenvalue weighted by Crippen LogP contribution is 2.23. The molecule has 0 radical (unpaired) electrons. The van der Waals surface area contributed by atoms with E-state index in [4.69, 9.17) is 9.47 Å². The van der Waals surface area contributed by atoms with Crippen LogP contribution in [-0.2, 0) is 22.7 Å². The Bertz CT molecular complexity index is 1250. The number of ether oxygens (including phenoxy) is 2. The number of aliphatic hydroxyl groups is 1. The molecule has 2 aromatic heterocycles. The van der Waals surface area contributed by atoms with Crippen LogP contribution in [0.15, 0.2) is 54.9 Å². The Morgan fingerprint density at radius 1 is 1.30 bits per heavy atom. The minimum Gasteiger partial charge on any atom is -0.439 e. The highest BCUT2D eigenvalue weighted by atomic mass is 16.5. The molecule has 3 heterocycles. The fourth-order valence-electron chi connectivity index (χ4n) is 4.43. The minimum absolute atomic E-state index is 0.0364. The first-order valence-corrected chi connectivity index (χ1v) is 13.4. The number of benzene rings is 1. The number of hydrogen-bond donors (Lipinski definition) is 2. The van der Waals surface area contributed by atoms with Gasteiger partial charge in [0.1, 0.15) is 11.4 Å². The maximum Gasteiger partial charge on any atom is 0.321 e. The van der Waals surface area contributed by atoms with Gasteiger partial charge in [-0.2, -0.15) is 0 Å². The predicted molar refractivity (Wildman–Crippen MR) is 148 cm³/mol. The van der Waals surface area contributed by atoms with Crippen molar-refractivity contribution in [2.45, 2.75) is 52.0 Å². The van der Waals surface area contributed by atoms with Crippen LogP contribution in [0.25, 0.3) is 0 Å². The van der Waals surface area contributed by atoms with E-state index in [9.17, 15) is 14.7 Å². The molecule has 1 aliphatic rings. The van der Waals surface area contributed by atoms with E-state index in [0.29, 0.717) is 48.9 Å². The van der Waals surface area contributed by atoms with Crippen molar-refractivity contribution >= 4 is 17.6 Å². The average Bonchev–Trinajstić information content (AvgIpc) is 3.41. The highest BCUT2D eigenvalue weighted by molar-refractivity contribution is 5.89. The molecule has 12 nitrogen and oxygen atoms in total. The largest absolute Gasteiger partial charge is 0.439 e. The van der Waals surface area contributed by atoms with E-state index in [2.05, 4.69) is 20.6 Å². The third-order valence-electron chi connectivity index (χ3n) is 6.79. The summed E-state index contributed by atoms with van der Waals surface area (Å²) >= 11 is 0. The highest BCUT2D eigenvalue weighted by Gasteiger charge is 2.29. The van der Waals surface area contributed by atoms with E-state index in [1.165, 1.54) is 0 Å². The number of amides is 3. The molecule has 0 unspecified atom stereocenters. The maximum absolute atomic E-state index is 13.1. The summed E-state index contributed by atoms with van der Waals surface area (Å²) in [5.74, 6) is 0.822. The molecular weight excluding hydrogens is 514 g/mol. The molecular formula is C28H37N7O5. The van der Waals surface area contributed by atoms with Crippen molar-refractivity contribution in [3.63, 3.8) is 0 Å². The van der Waals surface area contributed by atoms with Crippen LogP contribution >= 0.6 is 0 Å². The van der Waals surface area contributed by atoms with Gasteiger partial charge in [-0.05, 0) is 31.5 Å². The van der Waals surface area contributed by atoms with Gasteiger partial charge in [0.25, 0.3) is 0 Å². The number of nitrogens with zero attached hydrogens (tertiary/aromatic N) is 6. The fourth-order valence-corrected chi connectivity index (χ4v) is 4.43. The number of anilines is 1. The van der Waals surface area contributed by atoms with E-state index < -0.39 is 6.10 Å². The summed E-state index contributed by atoms with van der Waals surface area (Å²) in [4.78, 5) is 33.6. The molecule has 1 aliphatic heterocycles. The summed E-state index contributed by atoms with van der Waals surface area (Å²) < 4.78 is 13.7.